The second-order valence-electron chi connectivity index (χ2n) is 6.42. The van der Waals surface area contributed by atoms with Crippen molar-refractivity contribution in [3.8, 4) is 0 Å². The van der Waals surface area contributed by atoms with Crippen LogP contribution in [0.4, 0.5) is 11.4 Å². The standard InChI is InChI=1S/C19H25N3O3/c1-14(18-4-3-11-25-18)20-15(2)19(23)21-16-5-7-17(8-6-16)22-9-12-24-13-10-22/h3-8,11,14-15,20H,9-10,12-13H2,1-2H3,(H,21,23)/p+1/t14-,15-/m1/s1. The van der Waals surface area contributed by atoms with E-state index in [1.807, 2.05) is 55.6 Å². The van der Waals surface area contributed by atoms with E-state index in [0.717, 1.165) is 43.4 Å². The molecule has 0 bridgehead atoms. The number of nitrogens with two attached hydrogens (primary N) is 1. The third-order valence-corrected chi connectivity index (χ3v) is 4.49. The minimum Gasteiger partial charge on any atom is -0.463 e. The van der Waals surface area contributed by atoms with Gasteiger partial charge in [0.1, 0.15) is 6.04 Å². The Morgan fingerprint density at radius 1 is 1.16 bits per heavy atom. The van der Waals surface area contributed by atoms with E-state index >= 15 is 0 Å². The zero-order chi connectivity index (χ0) is 17.6. The van der Waals surface area contributed by atoms with Crippen LogP contribution in [0.25, 0.3) is 0 Å². The first-order valence-electron chi connectivity index (χ1n) is 8.75. The number of nitrogens with zero attached hydrogens (tertiary/aromatic N) is 1. The lowest BCUT2D eigenvalue weighted by Gasteiger charge is -2.28. The largest absolute Gasteiger partial charge is 0.463 e. The Morgan fingerprint density at radius 2 is 1.88 bits per heavy atom. The van der Waals surface area contributed by atoms with Crippen molar-refractivity contribution in [3.05, 3.63) is 48.4 Å². The summed E-state index contributed by atoms with van der Waals surface area (Å²) < 4.78 is 10.8. The SMILES string of the molecule is C[C@@H]([NH2+][C@H](C)c1ccco1)C(=O)Nc1ccc(N2CCOCC2)cc1. The number of rotatable bonds is 6. The molecule has 25 heavy (non-hydrogen) atoms. The summed E-state index contributed by atoms with van der Waals surface area (Å²) in [5.41, 5.74) is 1.97. The normalized spacial score (nSPS) is 17.1. The molecule has 2 aromatic rings. The third kappa shape index (κ3) is 4.61. The van der Waals surface area contributed by atoms with Gasteiger partial charge in [0, 0.05) is 24.5 Å². The van der Waals surface area contributed by atoms with Gasteiger partial charge in [-0.1, -0.05) is 0 Å². The molecule has 6 nitrogen and oxygen atoms in total. The average molecular weight is 344 g/mol. The molecule has 1 fully saturated rings. The first-order chi connectivity index (χ1) is 12.1. The fourth-order valence-electron chi connectivity index (χ4n) is 3.00. The van der Waals surface area contributed by atoms with Crippen molar-refractivity contribution in [2.45, 2.75) is 25.9 Å². The molecule has 1 aromatic carbocycles. The van der Waals surface area contributed by atoms with Crippen molar-refractivity contribution < 1.29 is 19.3 Å². The summed E-state index contributed by atoms with van der Waals surface area (Å²) in [6, 6.07) is 11.7. The summed E-state index contributed by atoms with van der Waals surface area (Å²) in [4.78, 5) is 14.7. The summed E-state index contributed by atoms with van der Waals surface area (Å²) in [5.74, 6) is 0.854. The number of hydrogen-bond acceptors (Lipinski definition) is 4. The Bertz CT molecular complexity index is 664. The topological polar surface area (TPSA) is 71.3 Å². The molecule has 1 amide bonds. The van der Waals surface area contributed by atoms with Crippen LogP contribution in [0.5, 0.6) is 0 Å². The number of carbonyl (C=O) groups is 1. The van der Waals surface area contributed by atoms with Crippen LogP contribution in [0.2, 0.25) is 0 Å². The van der Waals surface area contributed by atoms with E-state index in [9.17, 15) is 4.79 Å². The zero-order valence-corrected chi connectivity index (χ0v) is 14.8. The van der Waals surface area contributed by atoms with E-state index in [0.29, 0.717) is 0 Å². The maximum absolute atomic E-state index is 12.4. The van der Waals surface area contributed by atoms with Crippen LogP contribution in [-0.4, -0.2) is 38.3 Å². The van der Waals surface area contributed by atoms with E-state index in [1.54, 1.807) is 6.26 Å². The lowest BCUT2D eigenvalue weighted by molar-refractivity contribution is -0.711. The highest BCUT2D eigenvalue weighted by atomic mass is 16.5. The number of quaternary nitrogens is 1. The van der Waals surface area contributed by atoms with Gasteiger partial charge in [-0.2, -0.15) is 0 Å². The maximum atomic E-state index is 12.4. The van der Waals surface area contributed by atoms with Gasteiger partial charge in [-0.3, -0.25) is 4.79 Å². The lowest BCUT2D eigenvalue weighted by Crippen LogP contribution is -2.91. The predicted octanol–water partition coefficient (Wildman–Crippen LogP) is 1.77. The monoisotopic (exact) mass is 344 g/mol. The Kier molecular flexibility index (Phi) is 5.73. The van der Waals surface area contributed by atoms with Crippen LogP contribution >= 0.6 is 0 Å². The second-order valence-corrected chi connectivity index (χ2v) is 6.42. The molecular weight excluding hydrogens is 318 g/mol. The number of nitrogens with one attached hydrogen (secondary N) is 1. The Balaban J connectivity index is 1.53. The molecule has 0 radical (unpaired) electrons. The van der Waals surface area contributed by atoms with Gasteiger partial charge in [-0.05, 0) is 50.2 Å². The molecule has 6 heteroatoms. The summed E-state index contributed by atoms with van der Waals surface area (Å²) in [6.45, 7) is 7.26. The molecule has 1 aromatic heterocycles. The van der Waals surface area contributed by atoms with Gasteiger partial charge in [0.15, 0.2) is 11.8 Å². The van der Waals surface area contributed by atoms with Crippen molar-refractivity contribution in [3.63, 3.8) is 0 Å². The molecule has 2 heterocycles. The van der Waals surface area contributed by atoms with Gasteiger partial charge in [-0.25, -0.2) is 0 Å². The molecule has 0 unspecified atom stereocenters. The summed E-state index contributed by atoms with van der Waals surface area (Å²) in [5, 5.41) is 4.97. The number of benzene rings is 1. The number of morpholine rings is 1. The molecule has 0 saturated carbocycles. The van der Waals surface area contributed by atoms with Gasteiger partial charge >= 0.3 is 0 Å². The highest BCUT2D eigenvalue weighted by molar-refractivity contribution is 5.93. The molecule has 1 aliphatic heterocycles. The van der Waals surface area contributed by atoms with Crippen molar-refractivity contribution >= 4 is 17.3 Å². The highest BCUT2D eigenvalue weighted by Gasteiger charge is 2.21. The lowest BCUT2D eigenvalue weighted by atomic mass is 10.2. The number of ether oxygens (including phenoxy) is 1. The quantitative estimate of drug-likeness (QED) is 0.838. The summed E-state index contributed by atoms with van der Waals surface area (Å²) in [6.07, 6.45) is 1.65. The Labute approximate surface area is 148 Å². The highest BCUT2D eigenvalue weighted by Crippen LogP contribution is 2.19. The molecular formula is C19H26N3O3+. The summed E-state index contributed by atoms with van der Waals surface area (Å²) >= 11 is 0. The number of amides is 1. The first-order valence-corrected chi connectivity index (χ1v) is 8.75. The fraction of sp³-hybridized carbons (Fsp3) is 0.421. The molecule has 0 spiro atoms. The molecule has 134 valence electrons. The van der Waals surface area contributed by atoms with Gasteiger partial charge in [0.2, 0.25) is 0 Å². The number of furan rings is 1. The van der Waals surface area contributed by atoms with Crippen LogP contribution in [0.1, 0.15) is 25.6 Å². The Morgan fingerprint density at radius 3 is 2.52 bits per heavy atom. The van der Waals surface area contributed by atoms with E-state index < -0.39 is 0 Å². The zero-order valence-electron chi connectivity index (χ0n) is 14.8. The summed E-state index contributed by atoms with van der Waals surface area (Å²) in [7, 11) is 0. The molecule has 1 saturated heterocycles. The van der Waals surface area contributed by atoms with Crippen LogP contribution in [0, 0.1) is 0 Å². The van der Waals surface area contributed by atoms with Crippen molar-refractivity contribution in [2.75, 3.05) is 36.5 Å². The molecule has 1 aliphatic rings. The minimum atomic E-state index is -0.209. The number of hydrogen-bond donors (Lipinski definition) is 2. The molecule has 2 atom stereocenters. The van der Waals surface area contributed by atoms with Crippen LogP contribution in [0.3, 0.4) is 0 Å². The second kappa shape index (κ2) is 8.18. The van der Waals surface area contributed by atoms with Gasteiger partial charge in [0.25, 0.3) is 5.91 Å². The molecule has 3 N–H and O–H groups in total. The predicted molar refractivity (Wildman–Crippen MR) is 96.6 cm³/mol. The third-order valence-electron chi connectivity index (χ3n) is 4.49. The van der Waals surface area contributed by atoms with Crippen LogP contribution in [-0.2, 0) is 9.53 Å². The van der Waals surface area contributed by atoms with Gasteiger partial charge < -0.3 is 24.7 Å². The van der Waals surface area contributed by atoms with E-state index in [2.05, 4.69) is 10.2 Å². The smallest absolute Gasteiger partial charge is 0.282 e. The fourth-order valence-corrected chi connectivity index (χ4v) is 3.00. The van der Waals surface area contributed by atoms with Gasteiger partial charge in [0.05, 0.1) is 19.5 Å². The van der Waals surface area contributed by atoms with E-state index in [1.165, 1.54) is 0 Å². The van der Waals surface area contributed by atoms with Crippen molar-refractivity contribution in [1.29, 1.82) is 0 Å². The number of anilines is 2. The van der Waals surface area contributed by atoms with E-state index in [-0.39, 0.29) is 18.0 Å². The van der Waals surface area contributed by atoms with E-state index in [4.69, 9.17) is 9.15 Å². The van der Waals surface area contributed by atoms with Gasteiger partial charge in [-0.15, -0.1) is 0 Å². The number of carbonyl (C=O) groups excluding carboxylic acids is 1. The van der Waals surface area contributed by atoms with Crippen molar-refractivity contribution in [1.82, 2.24) is 0 Å². The van der Waals surface area contributed by atoms with Crippen LogP contribution < -0.4 is 15.5 Å². The maximum Gasteiger partial charge on any atom is 0.282 e. The average Bonchev–Trinajstić information content (AvgIpc) is 3.18. The molecule has 0 aliphatic carbocycles. The van der Waals surface area contributed by atoms with Crippen LogP contribution in [0.15, 0.2) is 47.1 Å². The molecule has 3 rings (SSSR count). The first kappa shape index (κ1) is 17.5. The Hall–Kier alpha value is -2.31. The van der Waals surface area contributed by atoms with Crippen molar-refractivity contribution in [2.24, 2.45) is 0 Å². The minimum absolute atomic E-state index is 0.0162.